The van der Waals surface area contributed by atoms with E-state index in [9.17, 15) is 4.79 Å². The van der Waals surface area contributed by atoms with E-state index in [2.05, 4.69) is 54.6 Å². The van der Waals surface area contributed by atoms with Crippen LogP contribution in [0.1, 0.15) is 41.0 Å². The molecule has 2 N–H and O–H groups in total. The van der Waals surface area contributed by atoms with Crippen LogP contribution in [0.2, 0.25) is 0 Å². The fourth-order valence-corrected chi connectivity index (χ4v) is 3.48. The van der Waals surface area contributed by atoms with Crippen LogP contribution in [0, 0.1) is 20.8 Å². The molecule has 2 heterocycles. The number of fused-ring (bicyclic) bond motifs is 1. The van der Waals surface area contributed by atoms with Gasteiger partial charge in [0.05, 0.1) is 0 Å². The van der Waals surface area contributed by atoms with E-state index < -0.39 is 6.17 Å². The first-order valence-electron chi connectivity index (χ1n) is 9.83. The maximum Gasteiger partial charge on any atom is 0.257 e. The van der Waals surface area contributed by atoms with E-state index in [1.807, 2.05) is 31.2 Å². The van der Waals surface area contributed by atoms with Gasteiger partial charge >= 0.3 is 0 Å². The molecule has 1 aliphatic rings. The summed E-state index contributed by atoms with van der Waals surface area (Å²) in [6.07, 6.45) is 0.484. The maximum absolute atomic E-state index is 12.7. The highest BCUT2D eigenvalue weighted by atomic mass is 16.1. The van der Waals surface area contributed by atoms with Crippen molar-refractivity contribution in [2.45, 2.75) is 40.3 Å². The van der Waals surface area contributed by atoms with Crippen molar-refractivity contribution in [3.63, 3.8) is 0 Å². The van der Waals surface area contributed by atoms with Gasteiger partial charge in [-0.25, -0.2) is 9.98 Å². The lowest BCUT2D eigenvalue weighted by molar-refractivity contribution is 0.577. The first kappa shape index (κ1) is 18.9. The van der Waals surface area contributed by atoms with E-state index in [-0.39, 0.29) is 5.56 Å². The average molecular weight is 387 g/mol. The molecule has 0 amide bonds. The molecule has 0 radical (unpaired) electrons. The third-order valence-corrected chi connectivity index (χ3v) is 5.35. The average Bonchev–Trinajstić information content (AvgIpc) is 2.70. The molecule has 0 aliphatic carbocycles. The zero-order valence-electron chi connectivity index (χ0n) is 17.2. The third kappa shape index (κ3) is 3.66. The fourth-order valence-electron chi connectivity index (χ4n) is 3.48. The lowest BCUT2D eigenvalue weighted by Gasteiger charge is -2.27. The predicted molar refractivity (Wildman–Crippen MR) is 118 cm³/mol. The number of hydrogen-bond donors (Lipinski definition) is 2. The summed E-state index contributed by atoms with van der Waals surface area (Å²) in [4.78, 5) is 22.1. The Bertz CT molecular complexity index is 1140. The second-order valence-corrected chi connectivity index (χ2v) is 7.37. The minimum atomic E-state index is -0.481. The number of rotatable bonds is 3. The second-order valence-electron chi connectivity index (χ2n) is 7.37. The van der Waals surface area contributed by atoms with Crippen molar-refractivity contribution in [3.8, 4) is 0 Å². The zero-order chi connectivity index (χ0) is 20.5. The third-order valence-electron chi connectivity index (χ3n) is 5.35. The first-order valence-corrected chi connectivity index (χ1v) is 9.83. The number of aryl methyl sites for hydroxylation is 3. The van der Waals surface area contributed by atoms with Gasteiger partial charge in [-0.2, -0.15) is 0 Å². The number of nitrogens with one attached hydrogen (secondary N) is 2. The molecular formula is C23H25N5O. The molecule has 29 heavy (non-hydrogen) atoms. The highest BCUT2D eigenvalue weighted by molar-refractivity contribution is 6.04. The highest BCUT2D eigenvalue weighted by Crippen LogP contribution is 2.27. The molecular weight excluding hydrogens is 362 g/mol. The van der Waals surface area contributed by atoms with E-state index in [0.29, 0.717) is 17.6 Å². The van der Waals surface area contributed by atoms with Crippen molar-refractivity contribution in [1.29, 1.82) is 0 Å². The van der Waals surface area contributed by atoms with Gasteiger partial charge in [0.15, 0.2) is 6.17 Å². The Balaban J connectivity index is 1.80. The molecule has 0 saturated heterocycles. The largest absolute Gasteiger partial charge is 0.326 e. The van der Waals surface area contributed by atoms with Crippen molar-refractivity contribution in [2.24, 2.45) is 4.99 Å². The number of aromatic nitrogens is 2. The summed E-state index contributed by atoms with van der Waals surface area (Å²) < 4.78 is 1.60. The minimum absolute atomic E-state index is 0.126. The SMILES string of the molecule is CCc1ccc([C@@H]2N=C(Nc3cccc(C)c3C)Nc3nc(C)cc(=O)n32)cc1. The smallest absolute Gasteiger partial charge is 0.257 e. The van der Waals surface area contributed by atoms with Crippen LogP contribution in [0.5, 0.6) is 0 Å². The van der Waals surface area contributed by atoms with Gasteiger partial charge < -0.3 is 5.32 Å². The lowest BCUT2D eigenvalue weighted by Crippen LogP contribution is -2.37. The number of nitrogens with zero attached hydrogens (tertiary/aromatic N) is 3. The van der Waals surface area contributed by atoms with Crippen LogP contribution in [-0.2, 0) is 6.42 Å². The maximum atomic E-state index is 12.7. The van der Waals surface area contributed by atoms with Gasteiger partial charge in [-0.05, 0) is 55.5 Å². The van der Waals surface area contributed by atoms with E-state index in [4.69, 9.17) is 4.99 Å². The minimum Gasteiger partial charge on any atom is -0.326 e. The van der Waals surface area contributed by atoms with Crippen LogP contribution in [0.3, 0.4) is 0 Å². The Morgan fingerprint density at radius 2 is 1.86 bits per heavy atom. The molecule has 0 spiro atoms. The summed E-state index contributed by atoms with van der Waals surface area (Å²) in [6.45, 7) is 8.09. The fraction of sp³-hybridized carbons (Fsp3) is 0.261. The summed E-state index contributed by atoms with van der Waals surface area (Å²) in [5.41, 5.74) is 6.05. The standard InChI is InChI=1S/C23H25N5O/c1-5-17-9-11-18(12-10-17)21-26-22(25-19-8-6-7-14(2)16(19)4)27-23-24-15(3)13-20(29)28(21)23/h6-13,21H,5H2,1-4H3,(H2,24,25,26,27)/t21-/m1/s1. The number of guanidine groups is 1. The summed E-state index contributed by atoms with van der Waals surface area (Å²) in [7, 11) is 0. The monoisotopic (exact) mass is 387 g/mol. The first-order chi connectivity index (χ1) is 14.0. The summed E-state index contributed by atoms with van der Waals surface area (Å²) in [5.74, 6) is 1.06. The molecule has 1 atom stereocenters. The summed E-state index contributed by atoms with van der Waals surface area (Å²) in [5, 5.41) is 6.56. The Labute approximate surface area is 170 Å². The van der Waals surface area contributed by atoms with E-state index >= 15 is 0 Å². The van der Waals surface area contributed by atoms with Crippen molar-refractivity contribution >= 4 is 17.6 Å². The molecule has 6 heteroatoms. The molecule has 0 bridgehead atoms. The molecule has 6 nitrogen and oxygen atoms in total. The molecule has 0 fully saturated rings. The van der Waals surface area contributed by atoms with Crippen molar-refractivity contribution in [3.05, 3.63) is 86.8 Å². The Morgan fingerprint density at radius 3 is 2.59 bits per heavy atom. The highest BCUT2D eigenvalue weighted by Gasteiger charge is 2.25. The van der Waals surface area contributed by atoms with Crippen LogP contribution in [0.4, 0.5) is 11.6 Å². The zero-order valence-corrected chi connectivity index (χ0v) is 17.2. The number of aliphatic imine (C=N–C) groups is 1. The van der Waals surface area contributed by atoms with Crippen LogP contribution in [0.15, 0.2) is 58.3 Å². The lowest BCUT2D eigenvalue weighted by atomic mass is 10.1. The van der Waals surface area contributed by atoms with Crippen molar-refractivity contribution < 1.29 is 0 Å². The van der Waals surface area contributed by atoms with Crippen LogP contribution < -0.4 is 16.2 Å². The van der Waals surface area contributed by atoms with Crippen molar-refractivity contribution in [2.75, 3.05) is 10.6 Å². The van der Waals surface area contributed by atoms with Gasteiger partial charge in [0.1, 0.15) is 0 Å². The van der Waals surface area contributed by atoms with Gasteiger partial charge in [-0.15, -0.1) is 0 Å². The molecule has 3 aromatic rings. The number of benzene rings is 2. The Kier molecular flexibility index (Phi) is 4.92. The second kappa shape index (κ2) is 7.54. The van der Waals surface area contributed by atoms with E-state index in [1.54, 1.807) is 4.57 Å². The quantitative estimate of drug-likeness (QED) is 0.708. The molecule has 2 aromatic carbocycles. The summed E-state index contributed by atoms with van der Waals surface area (Å²) in [6, 6.07) is 15.9. The topological polar surface area (TPSA) is 71.3 Å². The Morgan fingerprint density at radius 1 is 1.10 bits per heavy atom. The Hall–Kier alpha value is -3.41. The van der Waals surface area contributed by atoms with Gasteiger partial charge in [0.25, 0.3) is 5.56 Å². The van der Waals surface area contributed by atoms with E-state index in [0.717, 1.165) is 23.2 Å². The van der Waals surface area contributed by atoms with Gasteiger partial charge in [-0.1, -0.05) is 43.3 Å². The van der Waals surface area contributed by atoms with E-state index in [1.165, 1.54) is 17.2 Å². The molecule has 1 aliphatic heterocycles. The van der Waals surface area contributed by atoms with Gasteiger partial charge in [0, 0.05) is 17.4 Å². The van der Waals surface area contributed by atoms with Gasteiger partial charge in [0.2, 0.25) is 11.9 Å². The van der Waals surface area contributed by atoms with Gasteiger partial charge in [-0.3, -0.25) is 14.7 Å². The molecule has 4 rings (SSSR count). The number of hydrogen-bond acceptors (Lipinski definition) is 5. The molecule has 0 unspecified atom stereocenters. The molecule has 0 saturated carbocycles. The van der Waals surface area contributed by atoms with Crippen LogP contribution in [0.25, 0.3) is 0 Å². The predicted octanol–water partition coefficient (Wildman–Crippen LogP) is 4.17. The molecule has 1 aromatic heterocycles. The normalized spacial score (nSPS) is 15.3. The number of anilines is 2. The molecule has 148 valence electrons. The van der Waals surface area contributed by atoms with Crippen LogP contribution in [-0.4, -0.2) is 15.5 Å². The van der Waals surface area contributed by atoms with Crippen LogP contribution >= 0.6 is 0 Å². The van der Waals surface area contributed by atoms with Crippen molar-refractivity contribution in [1.82, 2.24) is 9.55 Å². The summed E-state index contributed by atoms with van der Waals surface area (Å²) >= 11 is 0.